The molecule has 1 aromatic heterocycles. The molecule has 0 amide bonds. The maximum atomic E-state index is 13.6. The maximum Gasteiger partial charge on any atom is 0.313 e. The number of hydrogen-bond acceptors (Lipinski definition) is 3. The van der Waals surface area contributed by atoms with E-state index in [0.29, 0.717) is 22.2 Å². The highest BCUT2D eigenvalue weighted by Gasteiger charge is 2.15. The summed E-state index contributed by atoms with van der Waals surface area (Å²) < 4.78 is 15.6. The molecule has 0 saturated heterocycles. The first-order valence-electron chi connectivity index (χ1n) is 6.39. The summed E-state index contributed by atoms with van der Waals surface area (Å²) in [6.45, 7) is 6.59. The lowest BCUT2D eigenvalue weighted by atomic mass is 10.2. The predicted octanol–water partition coefficient (Wildman–Crippen LogP) is 3.32. The molecule has 0 atom stereocenters. The lowest BCUT2D eigenvalue weighted by molar-refractivity contribution is -0.133. The zero-order valence-electron chi connectivity index (χ0n) is 11.7. The molecular weight excluding hydrogens is 279 g/mol. The number of imidazole rings is 1. The summed E-state index contributed by atoms with van der Waals surface area (Å²) in [4.78, 5) is 15.1. The number of aryl methyl sites for hydroxylation is 1. The van der Waals surface area contributed by atoms with Crippen molar-refractivity contribution in [2.45, 2.75) is 32.5 Å². The van der Waals surface area contributed by atoms with Crippen molar-refractivity contribution in [2.75, 3.05) is 5.75 Å². The summed E-state index contributed by atoms with van der Waals surface area (Å²) in [6.07, 6.45) is 0. The van der Waals surface area contributed by atoms with Crippen LogP contribution in [-0.4, -0.2) is 26.4 Å². The summed E-state index contributed by atoms with van der Waals surface area (Å²) >= 11 is 1.16. The molecule has 20 heavy (non-hydrogen) atoms. The Hall–Kier alpha value is -1.56. The van der Waals surface area contributed by atoms with Crippen LogP contribution in [0.15, 0.2) is 17.3 Å². The van der Waals surface area contributed by atoms with E-state index in [1.165, 1.54) is 6.07 Å². The Morgan fingerprint density at radius 2 is 2.20 bits per heavy atom. The second-order valence-electron chi connectivity index (χ2n) is 5.17. The van der Waals surface area contributed by atoms with Crippen LogP contribution < -0.4 is 0 Å². The van der Waals surface area contributed by atoms with E-state index in [1.807, 2.05) is 4.57 Å². The molecule has 6 heteroatoms. The molecule has 1 N–H and O–H groups in total. The van der Waals surface area contributed by atoms with E-state index in [-0.39, 0.29) is 11.6 Å². The largest absolute Gasteiger partial charge is 0.481 e. The van der Waals surface area contributed by atoms with Crippen molar-refractivity contribution < 1.29 is 14.3 Å². The van der Waals surface area contributed by atoms with E-state index < -0.39 is 5.97 Å². The zero-order valence-corrected chi connectivity index (χ0v) is 12.5. The molecule has 0 aliphatic rings. The average Bonchev–Trinajstić information content (AvgIpc) is 2.65. The molecule has 2 rings (SSSR count). The summed E-state index contributed by atoms with van der Waals surface area (Å²) in [6, 6.07) is 3.18. The molecule has 0 radical (unpaired) electrons. The number of aliphatic carboxylic acids is 1. The number of rotatable bonds is 5. The van der Waals surface area contributed by atoms with Crippen molar-refractivity contribution in [3.8, 4) is 0 Å². The van der Waals surface area contributed by atoms with E-state index in [0.717, 1.165) is 23.8 Å². The smallest absolute Gasteiger partial charge is 0.313 e. The SMILES string of the molecule is Cc1cc2c(cc1F)nc(SCC(=O)O)n2CC(C)C. The monoisotopic (exact) mass is 296 g/mol. The van der Waals surface area contributed by atoms with Crippen LogP contribution in [-0.2, 0) is 11.3 Å². The van der Waals surface area contributed by atoms with Gasteiger partial charge < -0.3 is 9.67 Å². The normalized spacial score (nSPS) is 11.4. The Labute approximate surface area is 121 Å². The molecule has 0 unspecified atom stereocenters. The summed E-state index contributed by atoms with van der Waals surface area (Å²) in [5, 5.41) is 9.42. The topological polar surface area (TPSA) is 55.1 Å². The van der Waals surface area contributed by atoms with Gasteiger partial charge in [0.25, 0.3) is 0 Å². The van der Waals surface area contributed by atoms with Crippen molar-refractivity contribution in [3.05, 3.63) is 23.5 Å². The van der Waals surface area contributed by atoms with Crippen LogP contribution >= 0.6 is 11.8 Å². The van der Waals surface area contributed by atoms with Gasteiger partial charge in [-0.05, 0) is 24.5 Å². The lowest BCUT2D eigenvalue weighted by Crippen LogP contribution is -2.07. The van der Waals surface area contributed by atoms with Gasteiger partial charge in [0, 0.05) is 12.6 Å². The van der Waals surface area contributed by atoms with Crippen LogP contribution in [0.1, 0.15) is 19.4 Å². The first kappa shape index (κ1) is 14.8. The van der Waals surface area contributed by atoms with Crippen LogP contribution in [0.4, 0.5) is 4.39 Å². The fourth-order valence-corrected chi connectivity index (χ4v) is 2.75. The summed E-state index contributed by atoms with van der Waals surface area (Å²) in [5.41, 5.74) is 1.99. The second kappa shape index (κ2) is 5.83. The minimum Gasteiger partial charge on any atom is -0.481 e. The molecule has 0 aliphatic heterocycles. The number of carboxylic acids is 1. The van der Waals surface area contributed by atoms with E-state index >= 15 is 0 Å². The number of carboxylic acid groups (broad SMARTS) is 1. The summed E-state index contributed by atoms with van der Waals surface area (Å²) in [7, 11) is 0. The van der Waals surface area contributed by atoms with E-state index in [1.54, 1.807) is 13.0 Å². The van der Waals surface area contributed by atoms with Crippen LogP contribution in [0.2, 0.25) is 0 Å². The van der Waals surface area contributed by atoms with Gasteiger partial charge >= 0.3 is 5.97 Å². The number of aromatic nitrogens is 2. The van der Waals surface area contributed by atoms with Crippen molar-refractivity contribution in [1.29, 1.82) is 0 Å². The van der Waals surface area contributed by atoms with Crippen LogP contribution in [0.25, 0.3) is 11.0 Å². The highest BCUT2D eigenvalue weighted by molar-refractivity contribution is 7.99. The van der Waals surface area contributed by atoms with E-state index in [4.69, 9.17) is 5.11 Å². The highest BCUT2D eigenvalue weighted by atomic mass is 32.2. The minimum absolute atomic E-state index is 0.0527. The Balaban J connectivity index is 2.51. The summed E-state index contributed by atoms with van der Waals surface area (Å²) in [5.74, 6) is -0.841. The van der Waals surface area contributed by atoms with Crippen LogP contribution in [0.3, 0.4) is 0 Å². The third-order valence-electron chi connectivity index (χ3n) is 2.87. The molecule has 4 nitrogen and oxygen atoms in total. The van der Waals surface area contributed by atoms with Crippen molar-refractivity contribution >= 4 is 28.8 Å². The van der Waals surface area contributed by atoms with E-state index in [2.05, 4.69) is 18.8 Å². The quantitative estimate of drug-likeness (QED) is 0.860. The molecule has 0 aliphatic carbocycles. The van der Waals surface area contributed by atoms with E-state index in [9.17, 15) is 9.18 Å². The van der Waals surface area contributed by atoms with Gasteiger partial charge in [0.2, 0.25) is 0 Å². The number of benzene rings is 1. The molecule has 2 aromatic rings. The Bertz CT molecular complexity index is 652. The molecular formula is C14H17FN2O2S. The third kappa shape index (κ3) is 3.12. The van der Waals surface area contributed by atoms with Gasteiger partial charge in [-0.1, -0.05) is 25.6 Å². The average molecular weight is 296 g/mol. The first-order valence-corrected chi connectivity index (χ1v) is 7.38. The maximum absolute atomic E-state index is 13.6. The number of nitrogens with zero attached hydrogens (tertiary/aromatic N) is 2. The molecule has 1 aromatic carbocycles. The van der Waals surface area contributed by atoms with Crippen molar-refractivity contribution in [1.82, 2.24) is 9.55 Å². The Kier molecular flexibility index (Phi) is 4.32. The second-order valence-corrected chi connectivity index (χ2v) is 6.11. The number of thioether (sulfide) groups is 1. The zero-order chi connectivity index (χ0) is 14.9. The predicted molar refractivity (Wildman–Crippen MR) is 77.6 cm³/mol. The number of fused-ring (bicyclic) bond motifs is 1. The van der Waals surface area contributed by atoms with Gasteiger partial charge in [0.1, 0.15) is 5.82 Å². The van der Waals surface area contributed by atoms with Gasteiger partial charge in [-0.2, -0.15) is 0 Å². The molecule has 0 saturated carbocycles. The van der Waals surface area contributed by atoms with Crippen molar-refractivity contribution in [2.24, 2.45) is 5.92 Å². The first-order chi connectivity index (χ1) is 9.38. The van der Waals surface area contributed by atoms with Crippen LogP contribution in [0, 0.1) is 18.7 Å². The Morgan fingerprint density at radius 3 is 2.80 bits per heavy atom. The molecule has 1 heterocycles. The van der Waals surface area contributed by atoms with Gasteiger partial charge in [-0.3, -0.25) is 4.79 Å². The molecule has 0 spiro atoms. The number of carbonyl (C=O) groups is 1. The molecule has 0 fully saturated rings. The molecule has 0 bridgehead atoms. The highest BCUT2D eigenvalue weighted by Crippen LogP contribution is 2.27. The standard InChI is InChI=1S/C14H17FN2O2S/c1-8(2)6-17-12-4-9(3)10(15)5-11(12)16-14(17)20-7-13(18)19/h4-5,8H,6-7H2,1-3H3,(H,18,19). The number of hydrogen-bond donors (Lipinski definition) is 1. The third-order valence-corrected chi connectivity index (χ3v) is 3.83. The fourth-order valence-electron chi connectivity index (χ4n) is 2.01. The molecule has 108 valence electrons. The minimum atomic E-state index is -0.888. The Morgan fingerprint density at radius 1 is 1.50 bits per heavy atom. The van der Waals surface area contributed by atoms with Crippen molar-refractivity contribution in [3.63, 3.8) is 0 Å². The van der Waals surface area contributed by atoms with Gasteiger partial charge in [-0.25, -0.2) is 9.37 Å². The fraction of sp³-hybridized carbons (Fsp3) is 0.429. The van der Waals surface area contributed by atoms with Gasteiger partial charge in [0.05, 0.1) is 16.8 Å². The van der Waals surface area contributed by atoms with Gasteiger partial charge in [0.15, 0.2) is 5.16 Å². The lowest BCUT2D eigenvalue weighted by Gasteiger charge is -2.11. The number of halogens is 1. The van der Waals surface area contributed by atoms with Gasteiger partial charge in [-0.15, -0.1) is 0 Å². The van der Waals surface area contributed by atoms with Crippen LogP contribution in [0.5, 0.6) is 0 Å².